The Morgan fingerprint density at radius 3 is 1.32 bits per heavy atom. The highest BCUT2D eigenvalue weighted by Gasteiger charge is 2.25. The van der Waals surface area contributed by atoms with Gasteiger partial charge in [-0.1, -0.05) is 94.3 Å². The summed E-state index contributed by atoms with van der Waals surface area (Å²) in [5.41, 5.74) is 6.11. The molecule has 20 heteroatoms. The van der Waals surface area contributed by atoms with Crippen LogP contribution < -0.4 is 54.3 Å². The first kappa shape index (κ1) is 64.6. The number of carbonyl (C=O) groups is 6. The van der Waals surface area contributed by atoms with Crippen LogP contribution in [0.15, 0.2) is 109 Å². The lowest BCUT2D eigenvalue weighted by atomic mass is 10.0. The van der Waals surface area contributed by atoms with Crippen molar-refractivity contribution in [3.05, 3.63) is 148 Å². The van der Waals surface area contributed by atoms with Gasteiger partial charge in [0.15, 0.2) is 6.10 Å². The fourth-order valence-corrected chi connectivity index (χ4v) is 9.02. The normalized spacial score (nSPS) is 12.0. The van der Waals surface area contributed by atoms with E-state index in [1.807, 2.05) is 31.2 Å². The van der Waals surface area contributed by atoms with Crippen LogP contribution in [0.1, 0.15) is 85.4 Å². The van der Waals surface area contributed by atoms with E-state index in [1.165, 1.54) is 16.0 Å². The molecular weight excluding hydrogens is 1060 g/mol. The Morgan fingerprint density at radius 2 is 0.866 bits per heavy atom. The Hall–Kier alpha value is -8.20. The van der Waals surface area contributed by atoms with Crippen LogP contribution in [0.5, 0.6) is 28.7 Å². The second-order valence-electron chi connectivity index (χ2n) is 19.9. The van der Waals surface area contributed by atoms with Crippen molar-refractivity contribution in [2.24, 2.45) is 0 Å². The average Bonchev–Trinajstić information content (AvgIpc) is 3.46. The zero-order valence-electron chi connectivity index (χ0n) is 46.7. The minimum absolute atomic E-state index is 0.0747. The van der Waals surface area contributed by atoms with Gasteiger partial charge in [-0.05, 0) is 120 Å². The van der Waals surface area contributed by atoms with Gasteiger partial charge in [-0.15, -0.1) is 0 Å². The number of nitrogens with zero attached hydrogens (tertiary/aromatic N) is 3. The van der Waals surface area contributed by atoms with Crippen LogP contribution >= 0.6 is 0 Å². The second-order valence-corrected chi connectivity index (χ2v) is 19.9. The summed E-state index contributed by atoms with van der Waals surface area (Å²) >= 11 is 0. The van der Waals surface area contributed by atoms with Crippen molar-refractivity contribution in [3.63, 3.8) is 0 Å². The summed E-state index contributed by atoms with van der Waals surface area (Å²) < 4.78 is 31.4. The molecule has 0 spiro atoms. The molecule has 0 saturated carbocycles. The molecule has 0 N–H and O–H groups in total. The van der Waals surface area contributed by atoms with E-state index in [4.69, 9.17) is 23.7 Å². The Labute approximate surface area is 478 Å². The molecule has 0 fully saturated rings. The van der Waals surface area contributed by atoms with Crippen molar-refractivity contribution in [2.45, 2.75) is 104 Å². The highest BCUT2D eigenvalue weighted by atomic mass is 16.6. The Kier molecular flexibility index (Phi) is 26.9. The third kappa shape index (κ3) is 23.9. The number of rotatable bonds is 41. The van der Waals surface area contributed by atoms with Crippen molar-refractivity contribution in [1.29, 1.82) is 0 Å². The van der Waals surface area contributed by atoms with Crippen molar-refractivity contribution in [2.75, 3.05) is 65.6 Å². The standard InChI is InChI=1S/C62H77N3O17/c1-4-7-9-43-11-15-46(16-12-43)39-78-52-23-25-55(48(6-3)30-52)80-41-54(42-81-56-26-24-53(31-49(56)32-57(66)67)79-40-47-17-13-44(14-18-47)10-8-5-2)82-51-21-19-45(20-22-51)29-50(65(37-61(74)75)38-62(76)77)33-63(34-58(68)69)27-28-64(35-59(70)71)36-60(72)73/h11-26,30-31,50,54H,4-10,27-29,32-42H2,1-3H3,(H,66,67)(H,68,69)(H,70,71)(H,72,73)(H,74,75)(H,76,77)/p-6. The molecule has 82 heavy (non-hydrogen) atoms. The van der Waals surface area contributed by atoms with Gasteiger partial charge in [-0.3, -0.25) is 14.7 Å². The number of carboxylic acid groups (broad SMARTS) is 6. The summed E-state index contributed by atoms with van der Waals surface area (Å²) in [7, 11) is 0. The van der Waals surface area contributed by atoms with Crippen molar-refractivity contribution < 1.29 is 83.1 Å². The van der Waals surface area contributed by atoms with Gasteiger partial charge < -0.3 is 83.1 Å². The summed E-state index contributed by atoms with van der Waals surface area (Å²) in [5.74, 6) is -7.28. The maximum absolute atomic E-state index is 12.0. The first-order chi connectivity index (χ1) is 39.4. The third-order valence-electron chi connectivity index (χ3n) is 13.3. The molecule has 0 aliphatic heterocycles. The molecule has 2 atom stereocenters. The predicted molar refractivity (Wildman–Crippen MR) is 289 cm³/mol. The smallest absolute Gasteiger partial charge is 0.166 e. The van der Waals surface area contributed by atoms with Crippen LogP contribution in [0.2, 0.25) is 0 Å². The van der Waals surface area contributed by atoms with Gasteiger partial charge in [0.05, 0.1) is 29.8 Å². The highest BCUT2D eigenvalue weighted by Crippen LogP contribution is 2.29. The van der Waals surface area contributed by atoms with Crippen LogP contribution in [0.4, 0.5) is 0 Å². The van der Waals surface area contributed by atoms with Crippen molar-refractivity contribution >= 4 is 35.8 Å². The third-order valence-corrected chi connectivity index (χ3v) is 13.3. The van der Waals surface area contributed by atoms with Gasteiger partial charge in [-0.2, -0.15) is 0 Å². The van der Waals surface area contributed by atoms with Crippen LogP contribution in [0.3, 0.4) is 0 Å². The number of benzene rings is 5. The lowest BCUT2D eigenvalue weighted by Gasteiger charge is -2.37. The van der Waals surface area contributed by atoms with E-state index in [1.54, 1.807) is 48.5 Å². The number of hydrogen-bond donors (Lipinski definition) is 0. The van der Waals surface area contributed by atoms with Gasteiger partial charge >= 0.3 is 0 Å². The number of carboxylic acids is 6. The van der Waals surface area contributed by atoms with E-state index < -0.39 is 87.1 Å². The Morgan fingerprint density at radius 1 is 0.451 bits per heavy atom. The van der Waals surface area contributed by atoms with E-state index in [0.717, 1.165) is 65.0 Å². The molecule has 0 aliphatic rings. The number of aliphatic carboxylic acids is 6. The summed E-state index contributed by atoms with van der Waals surface area (Å²) in [6.07, 6.45) is 5.58. The zero-order valence-corrected chi connectivity index (χ0v) is 46.7. The van der Waals surface area contributed by atoms with E-state index in [0.29, 0.717) is 47.2 Å². The van der Waals surface area contributed by atoms with Gasteiger partial charge in [0.2, 0.25) is 0 Å². The molecule has 0 aromatic heterocycles. The monoisotopic (exact) mass is 1130 g/mol. The number of ether oxygens (including phenoxy) is 5. The number of hydrogen-bond acceptors (Lipinski definition) is 20. The number of unbranched alkanes of at least 4 members (excludes halogenated alkanes) is 2. The van der Waals surface area contributed by atoms with E-state index in [-0.39, 0.29) is 51.6 Å². The van der Waals surface area contributed by atoms with Gasteiger partial charge in [0.25, 0.3) is 0 Å². The maximum atomic E-state index is 12.0. The SMILES string of the molecule is CCCCc1ccc(COc2ccc(OCC(COc3ccc(OCc4ccc(CCCC)cc4)cc3CC(=O)[O-])Oc3ccc(CC(CN(CCN(CC(=O)[O-])CC(=O)[O-])CC(=O)[O-])N(CC(=O)[O-])CC(=O)[O-])cc3)c(CC)c2)cc1. The van der Waals surface area contributed by atoms with Crippen LogP contribution in [0, 0.1) is 0 Å². The summed E-state index contributed by atoms with van der Waals surface area (Å²) in [5, 5.41) is 70.5. The Bertz CT molecular complexity index is 2790. The molecule has 0 heterocycles. The number of aryl methyl sites for hydroxylation is 3. The molecule has 0 amide bonds. The van der Waals surface area contributed by atoms with E-state index >= 15 is 0 Å². The number of carbonyl (C=O) groups excluding carboxylic acids is 6. The van der Waals surface area contributed by atoms with Crippen LogP contribution in [0.25, 0.3) is 0 Å². The van der Waals surface area contributed by atoms with E-state index in [9.17, 15) is 59.4 Å². The largest absolute Gasteiger partial charge is 0.550 e. The lowest BCUT2D eigenvalue weighted by Crippen LogP contribution is -2.55. The highest BCUT2D eigenvalue weighted by molar-refractivity contribution is 5.71. The van der Waals surface area contributed by atoms with Crippen LogP contribution in [-0.4, -0.2) is 128 Å². The fraction of sp³-hybridized carbons (Fsp3) is 0.419. The molecular formula is C62H71N3O17-6. The first-order valence-electron chi connectivity index (χ1n) is 27.4. The fourth-order valence-electron chi connectivity index (χ4n) is 9.02. The summed E-state index contributed by atoms with van der Waals surface area (Å²) in [6, 6.07) is 32.2. The molecule has 5 rings (SSSR count). The van der Waals surface area contributed by atoms with Crippen molar-refractivity contribution in [1.82, 2.24) is 14.7 Å². The van der Waals surface area contributed by atoms with Gasteiger partial charge in [-0.25, -0.2) is 0 Å². The topological polar surface area (TPSA) is 297 Å². The maximum Gasteiger partial charge on any atom is 0.166 e. The molecule has 0 aliphatic carbocycles. The minimum atomic E-state index is -1.64. The van der Waals surface area contributed by atoms with Crippen LogP contribution in [-0.2, 0) is 74.1 Å². The Balaban J connectivity index is 1.38. The van der Waals surface area contributed by atoms with Crippen molar-refractivity contribution in [3.8, 4) is 28.7 Å². The van der Waals surface area contributed by atoms with Gasteiger partial charge in [0.1, 0.15) is 55.2 Å². The lowest BCUT2D eigenvalue weighted by molar-refractivity contribution is -0.313. The molecule has 0 bridgehead atoms. The molecule has 20 nitrogen and oxygen atoms in total. The zero-order chi connectivity index (χ0) is 59.4. The summed E-state index contributed by atoms with van der Waals surface area (Å²) in [4.78, 5) is 73.6. The molecule has 5 aromatic carbocycles. The van der Waals surface area contributed by atoms with Gasteiger partial charge in [0, 0.05) is 76.4 Å². The summed E-state index contributed by atoms with van der Waals surface area (Å²) in [6.45, 7) is 1.49. The molecule has 442 valence electrons. The van der Waals surface area contributed by atoms with E-state index in [2.05, 4.69) is 50.2 Å². The predicted octanol–water partition coefficient (Wildman–Crippen LogP) is -0.143. The minimum Gasteiger partial charge on any atom is -0.550 e. The molecule has 5 aromatic rings. The first-order valence-corrected chi connectivity index (χ1v) is 27.4. The molecule has 0 saturated heterocycles. The molecule has 0 radical (unpaired) electrons. The second kappa shape index (κ2) is 34.2. The quantitative estimate of drug-likeness (QED) is 0.0492. The molecule has 2 unspecified atom stereocenters. The average molecular weight is 1130 g/mol.